The molecular formula is C25H33NO7. The fourth-order valence-electron chi connectivity index (χ4n) is 3.90. The summed E-state index contributed by atoms with van der Waals surface area (Å²) in [5.41, 5.74) is 2.64. The Hall–Kier alpha value is -3.10. The number of rotatable bonds is 14. The van der Waals surface area contributed by atoms with Crippen molar-refractivity contribution in [2.45, 2.75) is 44.9 Å². The first-order chi connectivity index (χ1) is 15.9. The van der Waals surface area contributed by atoms with Gasteiger partial charge in [-0.1, -0.05) is 32.0 Å². The van der Waals surface area contributed by atoms with Crippen molar-refractivity contribution in [1.82, 2.24) is 0 Å². The maximum atomic E-state index is 12.1. The van der Waals surface area contributed by atoms with Gasteiger partial charge in [0.1, 0.15) is 17.9 Å². The molecule has 0 fully saturated rings. The molecule has 2 rings (SSSR count). The van der Waals surface area contributed by atoms with Crippen molar-refractivity contribution in [2.24, 2.45) is 0 Å². The molecule has 2 unspecified atom stereocenters. The molecule has 0 aromatic heterocycles. The summed E-state index contributed by atoms with van der Waals surface area (Å²) < 4.78 is 21.0. The first-order valence-corrected chi connectivity index (χ1v) is 10.9. The molecule has 0 bridgehead atoms. The monoisotopic (exact) mass is 459 g/mol. The van der Waals surface area contributed by atoms with Crippen LogP contribution in [-0.2, 0) is 19.1 Å². The van der Waals surface area contributed by atoms with Crippen LogP contribution in [0.2, 0.25) is 0 Å². The number of amides is 1. The average molecular weight is 460 g/mol. The second-order valence-corrected chi connectivity index (χ2v) is 7.57. The molecule has 0 saturated carbocycles. The molecule has 8 nitrogen and oxygen atoms in total. The molecule has 2 N–H and O–H groups in total. The Bertz CT molecular complexity index is 898. The Labute approximate surface area is 194 Å². The molecule has 0 aliphatic rings. The quantitative estimate of drug-likeness (QED) is 0.310. The maximum absolute atomic E-state index is 12.1. The van der Waals surface area contributed by atoms with Crippen LogP contribution in [-0.4, -0.2) is 44.8 Å². The summed E-state index contributed by atoms with van der Waals surface area (Å²) in [6.07, 6.45) is 1.17. The highest BCUT2D eigenvalue weighted by atomic mass is 16.7. The SMILES string of the molecule is CCC(c1ccc(OCOC)cc1)C(CC)c1ccc(OCOC)c(NC(=O)CC(=O)O)c1. The van der Waals surface area contributed by atoms with Gasteiger partial charge in [0.05, 0.1) is 5.69 Å². The summed E-state index contributed by atoms with van der Waals surface area (Å²) >= 11 is 0. The normalized spacial score (nSPS) is 12.6. The van der Waals surface area contributed by atoms with Gasteiger partial charge in [0.2, 0.25) is 5.91 Å². The zero-order valence-electron chi connectivity index (χ0n) is 19.6. The molecule has 0 spiro atoms. The minimum absolute atomic E-state index is 0.00737. The molecule has 2 aromatic carbocycles. The summed E-state index contributed by atoms with van der Waals surface area (Å²) in [6, 6.07) is 13.6. The highest BCUT2D eigenvalue weighted by Crippen LogP contribution is 2.40. The van der Waals surface area contributed by atoms with E-state index in [9.17, 15) is 9.59 Å². The van der Waals surface area contributed by atoms with E-state index < -0.39 is 18.3 Å². The van der Waals surface area contributed by atoms with Gasteiger partial charge in [-0.15, -0.1) is 0 Å². The predicted molar refractivity (Wildman–Crippen MR) is 125 cm³/mol. The van der Waals surface area contributed by atoms with Crippen LogP contribution in [0.1, 0.15) is 56.1 Å². The lowest BCUT2D eigenvalue weighted by Gasteiger charge is -2.27. The molecule has 0 heterocycles. The van der Waals surface area contributed by atoms with E-state index in [1.54, 1.807) is 13.2 Å². The number of carbonyl (C=O) groups excluding carboxylic acids is 1. The van der Waals surface area contributed by atoms with Gasteiger partial charge in [-0.2, -0.15) is 0 Å². The van der Waals surface area contributed by atoms with Crippen molar-refractivity contribution in [3.63, 3.8) is 0 Å². The second kappa shape index (κ2) is 13.4. The molecule has 0 aliphatic heterocycles. The van der Waals surface area contributed by atoms with Crippen molar-refractivity contribution in [3.8, 4) is 11.5 Å². The lowest BCUT2D eigenvalue weighted by Crippen LogP contribution is -2.17. The van der Waals surface area contributed by atoms with Crippen molar-refractivity contribution in [1.29, 1.82) is 0 Å². The Balaban J connectivity index is 2.33. The highest BCUT2D eigenvalue weighted by Gasteiger charge is 2.24. The standard InChI is InChI=1S/C25H33NO7/c1-5-20(17-7-10-19(11-8-17)32-15-30-3)21(6-2)18-9-12-23(33-16-31-4)22(13-18)26-24(27)14-25(28)29/h7-13,20-21H,5-6,14-16H2,1-4H3,(H,26,27)(H,28,29). The van der Waals surface area contributed by atoms with E-state index in [1.807, 2.05) is 24.3 Å². The first kappa shape index (κ1) is 26.2. The summed E-state index contributed by atoms with van der Waals surface area (Å²) in [5.74, 6) is -0.243. The summed E-state index contributed by atoms with van der Waals surface area (Å²) in [7, 11) is 3.08. The molecule has 2 aromatic rings. The van der Waals surface area contributed by atoms with Crippen molar-refractivity contribution in [3.05, 3.63) is 53.6 Å². The van der Waals surface area contributed by atoms with Gasteiger partial charge in [0, 0.05) is 14.2 Å². The predicted octanol–water partition coefficient (Wildman–Crippen LogP) is 4.75. The number of nitrogens with one attached hydrogen (secondary N) is 1. The number of carboxylic acids is 1. The van der Waals surface area contributed by atoms with Crippen LogP contribution < -0.4 is 14.8 Å². The third kappa shape index (κ3) is 7.76. The second-order valence-electron chi connectivity index (χ2n) is 7.57. The van der Waals surface area contributed by atoms with Gasteiger partial charge >= 0.3 is 5.97 Å². The number of hydrogen-bond donors (Lipinski definition) is 2. The lowest BCUT2D eigenvalue weighted by molar-refractivity contribution is -0.139. The van der Waals surface area contributed by atoms with E-state index in [-0.39, 0.29) is 25.4 Å². The number of ether oxygens (including phenoxy) is 4. The molecule has 180 valence electrons. The zero-order chi connectivity index (χ0) is 24.2. The fraction of sp³-hybridized carbons (Fsp3) is 0.440. The van der Waals surface area contributed by atoms with Crippen LogP contribution >= 0.6 is 0 Å². The average Bonchev–Trinajstić information content (AvgIpc) is 2.80. The molecule has 0 aliphatic carbocycles. The number of hydrogen-bond acceptors (Lipinski definition) is 6. The minimum Gasteiger partial charge on any atom is -0.481 e. The summed E-state index contributed by atoms with van der Waals surface area (Å²) in [6.45, 7) is 4.48. The van der Waals surface area contributed by atoms with Crippen molar-refractivity contribution < 1.29 is 33.6 Å². The molecule has 8 heteroatoms. The van der Waals surface area contributed by atoms with Gasteiger partial charge in [0.15, 0.2) is 13.6 Å². The number of anilines is 1. The zero-order valence-corrected chi connectivity index (χ0v) is 19.6. The molecule has 1 amide bonds. The smallest absolute Gasteiger partial charge is 0.312 e. The topological polar surface area (TPSA) is 103 Å². The van der Waals surface area contributed by atoms with Crippen LogP contribution in [0.4, 0.5) is 5.69 Å². The van der Waals surface area contributed by atoms with Crippen LogP contribution in [0.3, 0.4) is 0 Å². The minimum atomic E-state index is -1.20. The van der Waals surface area contributed by atoms with E-state index in [0.717, 1.165) is 24.2 Å². The Morgan fingerprint density at radius 2 is 1.45 bits per heavy atom. The molecule has 2 atom stereocenters. The van der Waals surface area contributed by atoms with E-state index in [1.165, 1.54) is 12.7 Å². The number of benzene rings is 2. The van der Waals surface area contributed by atoms with Gasteiger partial charge in [-0.3, -0.25) is 9.59 Å². The van der Waals surface area contributed by atoms with Crippen molar-refractivity contribution >= 4 is 17.6 Å². The molecular weight excluding hydrogens is 426 g/mol. The van der Waals surface area contributed by atoms with E-state index in [0.29, 0.717) is 11.4 Å². The fourth-order valence-corrected chi connectivity index (χ4v) is 3.90. The van der Waals surface area contributed by atoms with Crippen LogP contribution in [0.15, 0.2) is 42.5 Å². The van der Waals surface area contributed by atoms with Crippen molar-refractivity contribution in [2.75, 3.05) is 33.1 Å². The highest BCUT2D eigenvalue weighted by molar-refractivity contribution is 6.02. The molecule has 0 saturated heterocycles. The van der Waals surface area contributed by atoms with E-state index in [2.05, 4.69) is 31.3 Å². The first-order valence-electron chi connectivity index (χ1n) is 10.9. The van der Waals surface area contributed by atoms with Gasteiger partial charge in [-0.25, -0.2) is 0 Å². The van der Waals surface area contributed by atoms with Crippen LogP contribution in [0.25, 0.3) is 0 Å². The Kier molecular flexibility index (Phi) is 10.7. The number of carbonyl (C=O) groups is 2. The summed E-state index contributed by atoms with van der Waals surface area (Å²) in [4.78, 5) is 23.0. The third-order valence-corrected chi connectivity index (χ3v) is 5.37. The number of aliphatic carboxylic acids is 1. The molecule has 33 heavy (non-hydrogen) atoms. The lowest BCUT2D eigenvalue weighted by atomic mass is 9.78. The van der Waals surface area contributed by atoms with Crippen LogP contribution in [0.5, 0.6) is 11.5 Å². The Morgan fingerprint density at radius 1 is 0.879 bits per heavy atom. The van der Waals surface area contributed by atoms with E-state index in [4.69, 9.17) is 24.1 Å². The van der Waals surface area contributed by atoms with Gasteiger partial charge < -0.3 is 29.4 Å². The maximum Gasteiger partial charge on any atom is 0.312 e. The van der Waals surface area contributed by atoms with Crippen LogP contribution in [0, 0.1) is 0 Å². The number of carboxylic acid groups (broad SMARTS) is 1. The summed E-state index contributed by atoms with van der Waals surface area (Å²) in [5, 5.41) is 11.6. The van der Waals surface area contributed by atoms with Gasteiger partial charge in [-0.05, 0) is 60.1 Å². The van der Waals surface area contributed by atoms with E-state index >= 15 is 0 Å². The largest absolute Gasteiger partial charge is 0.481 e. The number of methoxy groups -OCH3 is 2. The Morgan fingerprint density at radius 3 is 2.03 bits per heavy atom. The van der Waals surface area contributed by atoms with Gasteiger partial charge in [0.25, 0.3) is 0 Å². The molecule has 0 radical (unpaired) electrons. The third-order valence-electron chi connectivity index (χ3n) is 5.37.